The number of hydrogen-bond acceptors (Lipinski definition) is 6. The Hall–Kier alpha value is -1.37. The Morgan fingerprint density at radius 1 is 1.00 bits per heavy atom. The molecule has 0 amide bonds. The van der Waals surface area contributed by atoms with Crippen molar-refractivity contribution in [1.29, 1.82) is 0 Å². The first-order valence-corrected chi connectivity index (χ1v) is 6.77. The van der Waals surface area contributed by atoms with Crippen LogP contribution in [0.15, 0.2) is 0 Å². The summed E-state index contributed by atoms with van der Waals surface area (Å²) >= 11 is 0. The minimum atomic E-state index is -2.58. The van der Waals surface area contributed by atoms with Crippen molar-refractivity contribution >= 4 is 27.2 Å². The molecule has 0 aromatic rings. The zero-order valence-corrected chi connectivity index (χ0v) is 10.8. The monoisotopic (exact) mass is 248 g/mol. The maximum Gasteiger partial charge on any atom is 0.487 e. The highest BCUT2D eigenvalue weighted by Gasteiger charge is 2.23. The first-order valence-electron chi connectivity index (χ1n) is 5.01. The van der Waals surface area contributed by atoms with E-state index in [1.165, 1.54) is 6.92 Å². The SMILES string of the molecule is CCC(=O)O[SiH](COC(C)=O)OC(=O)CC. The maximum absolute atomic E-state index is 11.0. The largest absolute Gasteiger partial charge is 0.487 e. The Kier molecular flexibility index (Phi) is 7.18. The molecule has 0 aliphatic carbocycles. The van der Waals surface area contributed by atoms with Gasteiger partial charge in [0.15, 0.2) is 6.23 Å². The molecule has 0 aromatic carbocycles. The molecule has 0 bridgehead atoms. The fraction of sp³-hybridized carbons (Fsp3) is 0.667. The molecule has 7 heteroatoms. The van der Waals surface area contributed by atoms with E-state index in [1.54, 1.807) is 13.8 Å². The van der Waals surface area contributed by atoms with Crippen LogP contribution in [0.2, 0.25) is 0 Å². The highest BCUT2D eigenvalue weighted by atomic mass is 28.3. The van der Waals surface area contributed by atoms with Crippen LogP contribution in [-0.4, -0.2) is 33.4 Å². The molecule has 0 atom stereocenters. The summed E-state index contributed by atoms with van der Waals surface area (Å²) < 4.78 is 14.5. The number of rotatable bonds is 6. The van der Waals surface area contributed by atoms with Gasteiger partial charge in [0.1, 0.15) is 0 Å². The minimum absolute atomic E-state index is 0.146. The van der Waals surface area contributed by atoms with Crippen molar-refractivity contribution in [2.45, 2.75) is 33.6 Å². The molecule has 0 saturated carbocycles. The molecule has 0 aromatic heterocycles. The van der Waals surface area contributed by atoms with E-state index in [1.807, 2.05) is 0 Å². The van der Waals surface area contributed by atoms with Crippen LogP contribution < -0.4 is 0 Å². The van der Waals surface area contributed by atoms with Gasteiger partial charge in [-0.05, 0) is 0 Å². The average molecular weight is 248 g/mol. The van der Waals surface area contributed by atoms with Crippen molar-refractivity contribution in [3.63, 3.8) is 0 Å². The first-order chi connectivity index (χ1) is 7.49. The molecule has 0 spiro atoms. The van der Waals surface area contributed by atoms with Gasteiger partial charge < -0.3 is 13.6 Å². The topological polar surface area (TPSA) is 78.9 Å². The number of carbonyl (C=O) groups is 3. The summed E-state index contributed by atoms with van der Waals surface area (Å²) in [5, 5.41) is 0. The van der Waals surface area contributed by atoms with E-state index in [-0.39, 0.29) is 19.1 Å². The Balaban J connectivity index is 4.20. The number of ether oxygens (including phenoxy) is 1. The van der Waals surface area contributed by atoms with Gasteiger partial charge in [0.2, 0.25) is 0 Å². The van der Waals surface area contributed by atoms with Crippen LogP contribution in [0, 0.1) is 0 Å². The predicted octanol–water partition coefficient (Wildman–Crippen LogP) is 0.216. The Morgan fingerprint density at radius 2 is 1.44 bits per heavy atom. The molecule has 0 N–H and O–H groups in total. The zero-order valence-electron chi connectivity index (χ0n) is 9.65. The summed E-state index contributed by atoms with van der Waals surface area (Å²) in [7, 11) is -2.58. The van der Waals surface area contributed by atoms with Gasteiger partial charge in [0.05, 0.1) is 0 Å². The molecule has 0 rings (SSSR count). The Bertz CT molecular complexity index is 247. The van der Waals surface area contributed by atoms with Crippen LogP contribution in [0.4, 0.5) is 0 Å². The van der Waals surface area contributed by atoms with Crippen LogP contribution in [0.5, 0.6) is 0 Å². The maximum atomic E-state index is 11.0. The summed E-state index contributed by atoms with van der Waals surface area (Å²) in [5.41, 5.74) is 0. The highest BCUT2D eigenvalue weighted by molar-refractivity contribution is 6.48. The zero-order chi connectivity index (χ0) is 12.6. The third-order valence-corrected chi connectivity index (χ3v) is 3.02. The lowest BCUT2D eigenvalue weighted by Crippen LogP contribution is -2.34. The van der Waals surface area contributed by atoms with Gasteiger partial charge >= 0.3 is 15.3 Å². The summed E-state index contributed by atoms with van der Waals surface area (Å²) in [4.78, 5) is 32.6. The number of hydrogen-bond donors (Lipinski definition) is 0. The lowest BCUT2D eigenvalue weighted by molar-refractivity contribution is -0.145. The molecule has 92 valence electrons. The van der Waals surface area contributed by atoms with Crippen LogP contribution in [0.3, 0.4) is 0 Å². The van der Waals surface area contributed by atoms with Crippen LogP contribution in [0.1, 0.15) is 33.6 Å². The molecule has 0 fully saturated rings. The summed E-state index contributed by atoms with van der Waals surface area (Å²) in [5.74, 6) is -1.43. The summed E-state index contributed by atoms with van der Waals surface area (Å²) in [6, 6.07) is 0. The van der Waals surface area contributed by atoms with Crippen LogP contribution >= 0.6 is 0 Å². The van der Waals surface area contributed by atoms with Crippen molar-refractivity contribution in [1.82, 2.24) is 0 Å². The fourth-order valence-electron chi connectivity index (χ4n) is 0.737. The molecule has 0 heterocycles. The number of carbonyl (C=O) groups excluding carboxylic acids is 3. The smallest absolute Gasteiger partial charge is 0.485 e. The molecule has 0 unspecified atom stereocenters. The Morgan fingerprint density at radius 3 is 1.75 bits per heavy atom. The van der Waals surface area contributed by atoms with Crippen molar-refractivity contribution in [2.75, 3.05) is 6.23 Å². The van der Waals surface area contributed by atoms with Gasteiger partial charge in [-0.15, -0.1) is 0 Å². The van der Waals surface area contributed by atoms with E-state index >= 15 is 0 Å². The second kappa shape index (κ2) is 7.86. The van der Waals surface area contributed by atoms with E-state index in [0.717, 1.165) is 0 Å². The lowest BCUT2D eigenvalue weighted by atomic mass is 10.5. The summed E-state index contributed by atoms with van der Waals surface area (Å²) in [6.07, 6.45) is 0.229. The molecule has 16 heavy (non-hydrogen) atoms. The first kappa shape index (κ1) is 14.6. The second-order valence-electron chi connectivity index (χ2n) is 2.92. The van der Waals surface area contributed by atoms with Gasteiger partial charge in [0.25, 0.3) is 11.9 Å². The van der Waals surface area contributed by atoms with Crippen LogP contribution in [-0.2, 0) is 28.0 Å². The van der Waals surface area contributed by atoms with E-state index < -0.39 is 27.2 Å². The van der Waals surface area contributed by atoms with Crippen molar-refractivity contribution in [3.05, 3.63) is 0 Å². The van der Waals surface area contributed by atoms with E-state index in [2.05, 4.69) is 4.74 Å². The average Bonchev–Trinajstić information content (AvgIpc) is 2.25. The molecule has 6 nitrogen and oxygen atoms in total. The van der Waals surface area contributed by atoms with Crippen molar-refractivity contribution in [3.8, 4) is 0 Å². The molecule has 0 radical (unpaired) electrons. The number of esters is 1. The third-order valence-electron chi connectivity index (χ3n) is 1.53. The molecule has 0 aliphatic heterocycles. The van der Waals surface area contributed by atoms with Crippen LogP contribution in [0.25, 0.3) is 0 Å². The van der Waals surface area contributed by atoms with Crippen molar-refractivity contribution in [2.24, 2.45) is 0 Å². The standard InChI is InChI=1S/C9H16O6Si/c1-4-8(11)14-16(6-13-7(3)10)15-9(12)5-2/h16H,4-6H2,1-3H3. The van der Waals surface area contributed by atoms with E-state index in [4.69, 9.17) is 8.85 Å². The van der Waals surface area contributed by atoms with Crippen molar-refractivity contribution < 1.29 is 28.0 Å². The molecule has 0 aliphatic rings. The van der Waals surface area contributed by atoms with Gasteiger partial charge in [0, 0.05) is 19.8 Å². The highest BCUT2D eigenvalue weighted by Crippen LogP contribution is 1.97. The van der Waals surface area contributed by atoms with Gasteiger partial charge in [-0.3, -0.25) is 14.4 Å². The summed E-state index contributed by atoms with van der Waals surface area (Å²) in [6.45, 7) is 4.48. The van der Waals surface area contributed by atoms with E-state index in [0.29, 0.717) is 0 Å². The lowest BCUT2D eigenvalue weighted by Gasteiger charge is -2.15. The van der Waals surface area contributed by atoms with Gasteiger partial charge in [-0.1, -0.05) is 13.8 Å². The molecular weight excluding hydrogens is 232 g/mol. The molecular formula is C9H16O6Si. The Labute approximate surface area is 95.7 Å². The third kappa shape index (κ3) is 6.99. The normalized spacial score (nSPS) is 9.75. The fourth-order valence-corrected chi connectivity index (χ4v) is 2.21. The predicted molar refractivity (Wildman–Crippen MR) is 56.5 cm³/mol. The minimum Gasteiger partial charge on any atom is -0.485 e. The van der Waals surface area contributed by atoms with Gasteiger partial charge in [-0.25, -0.2) is 0 Å². The second-order valence-corrected chi connectivity index (χ2v) is 4.58. The molecule has 0 saturated heterocycles. The van der Waals surface area contributed by atoms with Gasteiger partial charge in [-0.2, -0.15) is 0 Å². The quantitative estimate of drug-likeness (QED) is 0.494. The van der Waals surface area contributed by atoms with E-state index in [9.17, 15) is 14.4 Å².